The minimum atomic E-state index is 0.323. The summed E-state index contributed by atoms with van der Waals surface area (Å²) in [4.78, 5) is 5.40. The van der Waals surface area contributed by atoms with Crippen molar-refractivity contribution in [2.75, 3.05) is 13.2 Å². The number of aliphatic imine (C=N–C) groups is 1. The normalized spacial score (nSPS) is 12.1. The van der Waals surface area contributed by atoms with Crippen LogP contribution in [0.1, 0.15) is 38.5 Å². The van der Waals surface area contributed by atoms with Crippen LogP contribution in [0.4, 0.5) is 0 Å². The molecule has 1 heterocycles. The Bertz CT molecular complexity index is 616. The molecule has 0 saturated heterocycles. The number of nitrogens with zero attached hydrogens (tertiary/aromatic N) is 1. The van der Waals surface area contributed by atoms with Crippen LogP contribution in [-0.4, -0.2) is 24.0 Å². The van der Waals surface area contributed by atoms with Crippen molar-refractivity contribution in [2.45, 2.75) is 33.6 Å². The Balaban J connectivity index is 2.35. The molecule has 3 nitrogen and oxygen atoms in total. The summed E-state index contributed by atoms with van der Waals surface area (Å²) in [6.45, 7) is 7.51. The number of rotatable bonds is 6. The standard InChI is InChI=1S/C16H21NO2S/c1-4-6-9-17-11(3)16-15(18)13-10-12(19-5-2)7-8-14(13)20-16/h7-8,10,18H,4-6,9H2,1-3H3. The van der Waals surface area contributed by atoms with E-state index in [0.717, 1.165) is 45.8 Å². The van der Waals surface area contributed by atoms with E-state index in [9.17, 15) is 5.11 Å². The van der Waals surface area contributed by atoms with Gasteiger partial charge in [-0.2, -0.15) is 0 Å². The monoisotopic (exact) mass is 291 g/mol. The van der Waals surface area contributed by atoms with E-state index in [1.807, 2.05) is 32.0 Å². The predicted octanol–water partition coefficient (Wildman–Crippen LogP) is 4.61. The number of hydrogen-bond acceptors (Lipinski definition) is 4. The van der Waals surface area contributed by atoms with Gasteiger partial charge in [-0.05, 0) is 38.5 Å². The first-order chi connectivity index (χ1) is 9.67. The molecule has 0 unspecified atom stereocenters. The molecule has 0 aliphatic heterocycles. The summed E-state index contributed by atoms with van der Waals surface area (Å²) in [6, 6.07) is 5.83. The third-order valence-corrected chi connectivity index (χ3v) is 4.40. The lowest BCUT2D eigenvalue weighted by Crippen LogP contribution is -1.93. The van der Waals surface area contributed by atoms with Gasteiger partial charge >= 0.3 is 0 Å². The van der Waals surface area contributed by atoms with Crippen LogP contribution in [0.25, 0.3) is 10.1 Å². The molecule has 0 aliphatic carbocycles. The van der Waals surface area contributed by atoms with E-state index in [1.165, 1.54) is 0 Å². The van der Waals surface area contributed by atoms with Crippen LogP contribution >= 0.6 is 11.3 Å². The van der Waals surface area contributed by atoms with Crippen molar-refractivity contribution in [3.63, 3.8) is 0 Å². The van der Waals surface area contributed by atoms with E-state index in [-0.39, 0.29) is 0 Å². The number of benzene rings is 1. The van der Waals surface area contributed by atoms with Crippen LogP contribution < -0.4 is 4.74 Å². The maximum absolute atomic E-state index is 10.4. The Morgan fingerprint density at radius 1 is 1.35 bits per heavy atom. The summed E-state index contributed by atoms with van der Waals surface area (Å²) in [5, 5.41) is 11.2. The van der Waals surface area contributed by atoms with Crippen LogP contribution in [0.2, 0.25) is 0 Å². The first-order valence-corrected chi connectivity index (χ1v) is 7.88. The molecule has 4 heteroatoms. The van der Waals surface area contributed by atoms with E-state index >= 15 is 0 Å². The molecule has 20 heavy (non-hydrogen) atoms. The molecule has 108 valence electrons. The Labute approximate surface area is 123 Å². The van der Waals surface area contributed by atoms with Gasteiger partial charge in [0.2, 0.25) is 0 Å². The molecule has 1 N–H and O–H groups in total. The van der Waals surface area contributed by atoms with Gasteiger partial charge in [-0.1, -0.05) is 13.3 Å². The maximum Gasteiger partial charge on any atom is 0.143 e. The highest BCUT2D eigenvalue weighted by Gasteiger charge is 2.14. The zero-order valence-electron chi connectivity index (χ0n) is 12.3. The largest absolute Gasteiger partial charge is 0.506 e. The van der Waals surface area contributed by atoms with Gasteiger partial charge in [-0.3, -0.25) is 4.99 Å². The second-order valence-corrected chi connectivity index (χ2v) is 5.74. The summed E-state index contributed by atoms with van der Waals surface area (Å²) in [6.07, 6.45) is 2.21. The first kappa shape index (κ1) is 14.9. The molecule has 0 aliphatic rings. The van der Waals surface area contributed by atoms with E-state index in [1.54, 1.807) is 11.3 Å². The fourth-order valence-corrected chi connectivity index (χ4v) is 3.08. The molecule has 0 bridgehead atoms. The lowest BCUT2D eigenvalue weighted by Gasteiger charge is -2.02. The molecule has 0 spiro atoms. The third kappa shape index (κ3) is 3.12. The second-order valence-electron chi connectivity index (χ2n) is 4.69. The average Bonchev–Trinajstić information content (AvgIpc) is 2.77. The Morgan fingerprint density at radius 3 is 2.85 bits per heavy atom. The van der Waals surface area contributed by atoms with Crippen molar-refractivity contribution in [2.24, 2.45) is 4.99 Å². The zero-order chi connectivity index (χ0) is 14.5. The van der Waals surface area contributed by atoms with Gasteiger partial charge in [0, 0.05) is 16.6 Å². The first-order valence-electron chi connectivity index (χ1n) is 7.07. The van der Waals surface area contributed by atoms with Crippen molar-refractivity contribution in [1.82, 2.24) is 0 Å². The van der Waals surface area contributed by atoms with Crippen LogP contribution in [0.5, 0.6) is 11.5 Å². The van der Waals surface area contributed by atoms with E-state index in [0.29, 0.717) is 12.4 Å². The molecule has 1 aromatic heterocycles. The number of hydrogen-bond donors (Lipinski definition) is 1. The molecule has 0 atom stereocenters. The van der Waals surface area contributed by atoms with Gasteiger partial charge in [-0.25, -0.2) is 0 Å². The van der Waals surface area contributed by atoms with E-state index in [2.05, 4.69) is 11.9 Å². The summed E-state index contributed by atoms with van der Waals surface area (Å²) in [5.41, 5.74) is 0.912. The average molecular weight is 291 g/mol. The Kier molecular flexibility index (Phi) is 5.01. The molecule has 0 radical (unpaired) electrons. The van der Waals surface area contributed by atoms with E-state index in [4.69, 9.17) is 4.74 Å². The molecule has 0 amide bonds. The fourth-order valence-electron chi connectivity index (χ4n) is 2.04. The molecular formula is C16H21NO2S. The maximum atomic E-state index is 10.4. The van der Waals surface area contributed by atoms with Crippen molar-refractivity contribution >= 4 is 27.1 Å². The van der Waals surface area contributed by atoms with Crippen molar-refractivity contribution in [1.29, 1.82) is 0 Å². The molecular weight excluding hydrogens is 270 g/mol. The highest BCUT2D eigenvalue weighted by molar-refractivity contribution is 7.21. The van der Waals surface area contributed by atoms with Crippen LogP contribution in [0.15, 0.2) is 23.2 Å². The number of unbranched alkanes of at least 4 members (excludes halogenated alkanes) is 1. The summed E-state index contributed by atoms with van der Waals surface area (Å²) < 4.78 is 6.54. The van der Waals surface area contributed by atoms with Gasteiger partial charge < -0.3 is 9.84 Å². The Hall–Kier alpha value is -1.55. The van der Waals surface area contributed by atoms with Gasteiger partial charge in [0.1, 0.15) is 11.5 Å². The highest BCUT2D eigenvalue weighted by atomic mass is 32.1. The lowest BCUT2D eigenvalue weighted by atomic mass is 10.2. The Morgan fingerprint density at radius 2 is 2.15 bits per heavy atom. The van der Waals surface area contributed by atoms with E-state index < -0.39 is 0 Å². The molecule has 0 saturated carbocycles. The smallest absolute Gasteiger partial charge is 0.143 e. The van der Waals surface area contributed by atoms with Crippen LogP contribution in [0, 0.1) is 0 Å². The fraction of sp³-hybridized carbons (Fsp3) is 0.438. The molecule has 0 fully saturated rings. The number of ether oxygens (including phenoxy) is 1. The van der Waals surface area contributed by atoms with Gasteiger partial charge in [0.05, 0.1) is 17.2 Å². The second kappa shape index (κ2) is 6.75. The SMILES string of the molecule is CCCCN=C(C)c1sc2ccc(OCC)cc2c1O. The van der Waals surface area contributed by atoms with Gasteiger partial charge in [0.15, 0.2) is 0 Å². The molecule has 2 rings (SSSR count). The number of fused-ring (bicyclic) bond motifs is 1. The summed E-state index contributed by atoms with van der Waals surface area (Å²) in [7, 11) is 0. The highest BCUT2D eigenvalue weighted by Crippen LogP contribution is 2.39. The molecule has 1 aromatic carbocycles. The molecule has 2 aromatic rings. The number of aromatic hydroxyl groups is 1. The minimum absolute atomic E-state index is 0.323. The summed E-state index contributed by atoms with van der Waals surface area (Å²) in [5.74, 6) is 1.12. The van der Waals surface area contributed by atoms with Crippen molar-refractivity contribution in [3.8, 4) is 11.5 Å². The quantitative estimate of drug-likeness (QED) is 0.623. The van der Waals surface area contributed by atoms with Crippen molar-refractivity contribution in [3.05, 3.63) is 23.1 Å². The van der Waals surface area contributed by atoms with Gasteiger partial charge in [0.25, 0.3) is 0 Å². The van der Waals surface area contributed by atoms with Crippen LogP contribution in [0.3, 0.4) is 0 Å². The lowest BCUT2D eigenvalue weighted by molar-refractivity contribution is 0.340. The zero-order valence-corrected chi connectivity index (χ0v) is 13.1. The van der Waals surface area contributed by atoms with Crippen LogP contribution in [-0.2, 0) is 0 Å². The topological polar surface area (TPSA) is 41.8 Å². The minimum Gasteiger partial charge on any atom is -0.506 e. The predicted molar refractivity (Wildman–Crippen MR) is 86.6 cm³/mol. The third-order valence-electron chi connectivity index (χ3n) is 3.13. The van der Waals surface area contributed by atoms with Gasteiger partial charge in [-0.15, -0.1) is 11.3 Å². The number of thiophene rings is 1. The summed E-state index contributed by atoms with van der Waals surface area (Å²) >= 11 is 1.58. The van der Waals surface area contributed by atoms with Crippen molar-refractivity contribution < 1.29 is 9.84 Å².